The predicted molar refractivity (Wildman–Crippen MR) is 91.1 cm³/mol. The monoisotopic (exact) mass is 320 g/mol. The first-order chi connectivity index (χ1) is 11.7. The average molecular weight is 320 g/mol. The second-order valence-corrected chi connectivity index (χ2v) is 7.45. The van der Waals surface area contributed by atoms with Crippen molar-refractivity contribution in [1.29, 1.82) is 0 Å². The van der Waals surface area contributed by atoms with Crippen molar-refractivity contribution < 1.29 is 9.90 Å². The third kappa shape index (κ3) is 1.92. The number of benzene rings is 1. The SMILES string of the molecule is O=C(O)c1ccc2c(c1)[C@@H]1[C@H]3CC[C@@H](C3)[C@H]1[C@H](c1cccnc1)N2. The van der Waals surface area contributed by atoms with E-state index in [9.17, 15) is 9.90 Å². The van der Waals surface area contributed by atoms with Crippen LogP contribution in [0.1, 0.15) is 52.7 Å². The van der Waals surface area contributed by atoms with Crippen LogP contribution >= 0.6 is 0 Å². The van der Waals surface area contributed by atoms with Crippen molar-refractivity contribution in [3.8, 4) is 0 Å². The van der Waals surface area contributed by atoms with E-state index in [0.29, 0.717) is 23.3 Å². The molecule has 4 heteroatoms. The van der Waals surface area contributed by atoms with Crippen LogP contribution in [-0.2, 0) is 0 Å². The number of carbonyl (C=O) groups is 1. The molecule has 5 rings (SSSR count). The van der Waals surface area contributed by atoms with Crippen LogP contribution in [0.5, 0.6) is 0 Å². The van der Waals surface area contributed by atoms with E-state index in [1.807, 2.05) is 30.6 Å². The van der Waals surface area contributed by atoms with Gasteiger partial charge in [-0.3, -0.25) is 4.98 Å². The largest absolute Gasteiger partial charge is 0.478 e. The smallest absolute Gasteiger partial charge is 0.335 e. The van der Waals surface area contributed by atoms with Gasteiger partial charge in [0, 0.05) is 18.1 Å². The van der Waals surface area contributed by atoms with Crippen LogP contribution in [0, 0.1) is 17.8 Å². The van der Waals surface area contributed by atoms with E-state index >= 15 is 0 Å². The van der Waals surface area contributed by atoms with E-state index in [0.717, 1.165) is 11.6 Å². The summed E-state index contributed by atoms with van der Waals surface area (Å²) in [5.74, 6) is 1.62. The molecular weight excluding hydrogens is 300 g/mol. The quantitative estimate of drug-likeness (QED) is 0.875. The first-order valence-electron chi connectivity index (χ1n) is 8.76. The van der Waals surface area contributed by atoms with Crippen LogP contribution in [-0.4, -0.2) is 16.1 Å². The number of nitrogens with zero attached hydrogens (tertiary/aromatic N) is 1. The van der Waals surface area contributed by atoms with Crippen LogP contribution in [0.25, 0.3) is 0 Å². The molecule has 0 amide bonds. The number of aromatic nitrogens is 1. The zero-order chi connectivity index (χ0) is 16.3. The zero-order valence-corrected chi connectivity index (χ0v) is 13.4. The molecule has 5 atom stereocenters. The van der Waals surface area contributed by atoms with Crippen molar-refractivity contribution in [3.05, 3.63) is 59.4 Å². The maximum Gasteiger partial charge on any atom is 0.335 e. The maximum atomic E-state index is 11.4. The van der Waals surface area contributed by atoms with E-state index in [4.69, 9.17) is 0 Å². The van der Waals surface area contributed by atoms with Gasteiger partial charge in [0.25, 0.3) is 0 Å². The lowest BCUT2D eigenvalue weighted by atomic mass is 9.68. The molecule has 4 nitrogen and oxygen atoms in total. The second kappa shape index (κ2) is 5.07. The summed E-state index contributed by atoms with van der Waals surface area (Å²) in [6.07, 6.45) is 7.65. The van der Waals surface area contributed by atoms with Crippen LogP contribution in [0.15, 0.2) is 42.7 Å². The fraction of sp³-hybridized carbons (Fsp3) is 0.400. The summed E-state index contributed by atoms with van der Waals surface area (Å²) < 4.78 is 0. The van der Waals surface area contributed by atoms with Gasteiger partial charge in [-0.2, -0.15) is 0 Å². The summed E-state index contributed by atoms with van der Waals surface area (Å²) in [5, 5.41) is 13.1. The van der Waals surface area contributed by atoms with Gasteiger partial charge in [-0.15, -0.1) is 0 Å². The molecule has 2 N–H and O–H groups in total. The Morgan fingerprint density at radius 2 is 2.08 bits per heavy atom. The maximum absolute atomic E-state index is 11.4. The highest BCUT2D eigenvalue weighted by Crippen LogP contribution is 2.63. The summed E-state index contributed by atoms with van der Waals surface area (Å²) in [6, 6.07) is 10.0. The normalized spacial score (nSPS) is 32.8. The lowest BCUT2D eigenvalue weighted by Gasteiger charge is -2.43. The van der Waals surface area contributed by atoms with Gasteiger partial charge in [-0.25, -0.2) is 4.79 Å². The molecule has 2 bridgehead atoms. The number of carboxylic acid groups (broad SMARTS) is 1. The molecule has 2 aliphatic carbocycles. The number of fused-ring (bicyclic) bond motifs is 7. The van der Waals surface area contributed by atoms with Gasteiger partial charge in [0.15, 0.2) is 0 Å². The van der Waals surface area contributed by atoms with E-state index in [-0.39, 0.29) is 6.04 Å². The van der Waals surface area contributed by atoms with E-state index in [1.54, 1.807) is 6.07 Å². The Balaban J connectivity index is 1.64. The lowest BCUT2D eigenvalue weighted by molar-refractivity contribution is 0.0696. The first kappa shape index (κ1) is 14.0. The number of pyridine rings is 1. The number of carboxylic acids is 1. The highest BCUT2D eigenvalue weighted by molar-refractivity contribution is 5.88. The first-order valence-corrected chi connectivity index (χ1v) is 8.76. The molecule has 1 aromatic heterocycles. The molecule has 1 aliphatic heterocycles. The van der Waals surface area contributed by atoms with Crippen molar-refractivity contribution in [1.82, 2.24) is 4.98 Å². The van der Waals surface area contributed by atoms with Crippen LogP contribution in [0.2, 0.25) is 0 Å². The minimum absolute atomic E-state index is 0.280. The molecule has 24 heavy (non-hydrogen) atoms. The molecule has 0 spiro atoms. The fourth-order valence-electron chi connectivity index (χ4n) is 5.51. The lowest BCUT2D eigenvalue weighted by Crippen LogP contribution is -2.35. The molecule has 2 heterocycles. The van der Waals surface area contributed by atoms with Crippen LogP contribution < -0.4 is 5.32 Å². The molecule has 2 aromatic rings. The number of hydrogen-bond acceptors (Lipinski definition) is 3. The topological polar surface area (TPSA) is 62.2 Å². The van der Waals surface area contributed by atoms with Crippen molar-refractivity contribution in [2.24, 2.45) is 17.8 Å². The summed E-state index contributed by atoms with van der Waals surface area (Å²) >= 11 is 0. The fourth-order valence-corrected chi connectivity index (χ4v) is 5.51. The number of rotatable bonds is 2. The minimum atomic E-state index is -0.841. The van der Waals surface area contributed by atoms with Gasteiger partial charge >= 0.3 is 5.97 Å². The van der Waals surface area contributed by atoms with Crippen molar-refractivity contribution >= 4 is 11.7 Å². The molecule has 0 unspecified atom stereocenters. The summed E-state index contributed by atoms with van der Waals surface area (Å²) in [7, 11) is 0. The van der Waals surface area contributed by atoms with E-state index in [2.05, 4.69) is 16.4 Å². The van der Waals surface area contributed by atoms with E-state index < -0.39 is 5.97 Å². The van der Waals surface area contributed by atoms with Crippen LogP contribution in [0.4, 0.5) is 5.69 Å². The molecule has 0 saturated heterocycles. The Morgan fingerprint density at radius 1 is 1.21 bits per heavy atom. The molecule has 2 saturated carbocycles. The molecule has 2 fully saturated rings. The number of aromatic carboxylic acids is 1. The Morgan fingerprint density at radius 3 is 2.88 bits per heavy atom. The van der Waals surface area contributed by atoms with Crippen molar-refractivity contribution in [3.63, 3.8) is 0 Å². The number of hydrogen-bond donors (Lipinski definition) is 2. The molecule has 0 radical (unpaired) electrons. The van der Waals surface area contributed by atoms with Crippen molar-refractivity contribution in [2.75, 3.05) is 5.32 Å². The Labute approximate surface area is 140 Å². The standard InChI is InChI=1S/C20H20N2O2/c23-20(24)13-5-6-16-15(9-13)17-11-3-4-12(8-11)18(17)19(22-16)14-2-1-7-21-10-14/h1-2,5-7,9-12,17-19,22H,3-4,8H2,(H,23,24)/t11-,12-,17-,18+,19-/m0/s1. The third-order valence-corrected chi connectivity index (χ3v) is 6.38. The number of anilines is 1. The van der Waals surface area contributed by atoms with E-state index in [1.165, 1.54) is 30.4 Å². The van der Waals surface area contributed by atoms with Crippen molar-refractivity contribution in [2.45, 2.75) is 31.2 Å². The molecule has 3 aliphatic rings. The highest BCUT2D eigenvalue weighted by Gasteiger charge is 2.53. The minimum Gasteiger partial charge on any atom is -0.478 e. The Hall–Kier alpha value is -2.36. The van der Waals surface area contributed by atoms with Crippen LogP contribution in [0.3, 0.4) is 0 Å². The number of nitrogens with one attached hydrogen (secondary N) is 1. The zero-order valence-electron chi connectivity index (χ0n) is 13.4. The van der Waals surface area contributed by atoms with Gasteiger partial charge in [0.2, 0.25) is 0 Å². The summed E-state index contributed by atoms with van der Waals surface area (Å²) in [5.41, 5.74) is 3.96. The molecule has 122 valence electrons. The summed E-state index contributed by atoms with van der Waals surface area (Å²) in [6.45, 7) is 0. The Kier molecular flexibility index (Phi) is 2.96. The molecule has 1 aromatic carbocycles. The van der Waals surface area contributed by atoms with Gasteiger partial charge in [0.05, 0.1) is 11.6 Å². The molecular formula is C20H20N2O2. The predicted octanol–water partition coefficient (Wildman–Crippen LogP) is 4.08. The van der Waals surface area contributed by atoms with Gasteiger partial charge < -0.3 is 10.4 Å². The van der Waals surface area contributed by atoms with Gasteiger partial charge in [0.1, 0.15) is 0 Å². The van der Waals surface area contributed by atoms with Gasteiger partial charge in [-0.05, 0) is 78.3 Å². The summed E-state index contributed by atoms with van der Waals surface area (Å²) in [4.78, 5) is 15.7. The highest BCUT2D eigenvalue weighted by atomic mass is 16.4. The Bertz CT molecular complexity index is 805. The third-order valence-electron chi connectivity index (χ3n) is 6.38. The average Bonchev–Trinajstić information content (AvgIpc) is 3.23. The van der Waals surface area contributed by atoms with Gasteiger partial charge in [-0.1, -0.05) is 6.07 Å². The second-order valence-electron chi connectivity index (χ2n) is 7.45.